The van der Waals surface area contributed by atoms with Crippen LogP contribution in [-0.4, -0.2) is 46.9 Å². The predicted molar refractivity (Wildman–Crippen MR) is 96.8 cm³/mol. The van der Waals surface area contributed by atoms with Crippen molar-refractivity contribution in [2.75, 3.05) is 0 Å². The van der Waals surface area contributed by atoms with Gasteiger partial charge < -0.3 is 27.2 Å². The smallest absolute Gasteiger partial charge is 0.326 e. The Morgan fingerprint density at radius 2 is 1.62 bits per heavy atom. The van der Waals surface area contributed by atoms with Crippen LogP contribution in [0.1, 0.15) is 53.4 Å². The molecule has 4 atom stereocenters. The van der Waals surface area contributed by atoms with Crippen molar-refractivity contribution in [3.8, 4) is 0 Å². The minimum Gasteiger partial charge on any atom is -0.480 e. The minimum absolute atomic E-state index is 0.0336. The molecule has 0 radical (unpaired) electrons. The molecular weight excluding hydrogens is 340 g/mol. The van der Waals surface area contributed by atoms with Gasteiger partial charge in [0.1, 0.15) is 12.1 Å². The molecule has 0 heterocycles. The summed E-state index contributed by atoms with van der Waals surface area (Å²) in [4.78, 5) is 47.1. The lowest BCUT2D eigenvalue weighted by Crippen LogP contribution is -2.55. The van der Waals surface area contributed by atoms with Crippen molar-refractivity contribution >= 4 is 23.7 Å². The number of carbonyl (C=O) groups is 4. The van der Waals surface area contributed by atoms with Crippen LogP contribution in [-0.2, 0) is 19.2 Å². The number of carboxylic acids is 1. The lowest BCUT2D eigenvalue weighted by Gasteiger charge is -2.25. The molecule has 0 rings (SSSR count). The van der Waals surface area contributed by atoms with Crippen LogP contribution in [0.25, 0.3) is 0 Å². The zero-order valence-electron chi connectivity index (χ0n) is 16.0. The van der Waals surface area contributed by atoms with Crippen molar-refractivity contribution in [3.05, 3.63) is 0 Å². The maximum atomic E-state index is 12.5. The average Bonchev–Trinajstić information content (AvgIpc) is 2.53. The Labute approximate surface area is 154 Å². The van der Waals surface area contributed by atoms with Crippen molar-refractivity contribution in [3.63, 3.8) is 0 Å². The van der Waals surface area contributed by atoms with E-state index in [9.17, 15) is 24.3 Å². The van der Waals surface area contributed by atoms with Crippen LogP contribution < -0.4 is 22.1 Å². The Hall–Kier alpha value is -2.16. The third-order valence-electron chi connectivity index (χ3n) is 4.15. The third-order valence-corrected chi connectivity index (χ3v) is 4.15. The minimum atomic E-state index is -1.16. The number of primary amides is 1. The van der Waals surface area contributed by atoms with Gasteiger partial charge in [-0.3, -0.25) is 14.4 Å². The van der Waals surface area contributed by atoms with Gasteiger partial charge in [-0.15, -0.1) is 0 Å². The summed E-state index contributed by atoms with van der Waals surface area (Å²) in [7, 11) is 0. The first-order valence-electron chi connectivity index (χ1n) is 8.86. The predicted octanol–water partition coefficient (Wildman–Crippen LogP) is -0.274. The second-order valence-corrected chi connectivity index (χ2v) is 7.01. The number of nitrogens with one attached hydrogen (secondary N) is 2. The molecule has 7 N–H and O–H groups in total. The molecular formula is C17H32N4O5. The highest BCUT2D eigenvalue weighted by molar-refractivity contribution is 5.92. The molecule has 3 amide bonds. The largest absolute Gasteiger partial charge is 0.480 e. The summed E-state index contributed by atoms with van der Waals surface area (Å²) in [5.41, 5.74) is 10.9. The van der Waals surface area contributed by atoms with Gasteiger partial charge in [0.15, 0.2) is 0 Å². The van der Waals surface area contributed by atoms with Crippen LogP contribution in [0.15, 0.2) is 0 Å². The Morgan fingerprint density at radius 1 is 1.04 bits per heavy atom. The molecule has 0 aliphatic carbocycles. The van der Waals surface area contributed by atoms with Gasteiger partial charge in [0, 0.05) is 6.42 Å². The summed E-state index contributed by atoms with van der Waals surface area (Å²) in [6.45, 7) is 7.33. The number of aliphatic carboxylic acids is 1. The maximum absolute atomic E-state index is 12.5. The molecule has 150 valence electrons. The molecule has 0 aliphatic heterocycles. The molecule has 0 saturated carbocycles. The Bertz CT molecular complexity index is 509. The van der Waals surface area contributed by atoms with Crippen LogP contribution in [0.4, 0.5) is 0 Å². The van der Waals surface area contributed by atoms with Crippen LogP contribution in [0, 0.1) is 11.8 Å². The molecule has 0 aromatic carbocycles. The Morgan fingerprint density at radius 3 is 2.04 bits per heavy atom. The van der Waals surface area contributed by atoms with E-state index >= 15 is 0 Å². The molecule has 0 aromatic heterocycles. The van der Waals surface area contributed by atoms with Gasteiger partial charge >= 0.3 is 5.97 Å². The topological polar surface area (TPSA) is 165 Å². The van der Waals surface area contributed by atoms with E-state index < -0.39 is 41.8 Å². The number of rotatable bonds is 12. The van der Waals surface area contributed by atoms with Crippen molar-refractivity contribution in [2.24, 2.45) is 23.3 Å². The Kier molecular flexibility index (Phi) is 10.5. The van der Waals surface area contributed by atoms with Crippen molar-refractivity contribution in [1.82, 2.24) is 10.6 Å². The zero-order chi connectivity index (χ0) is 20.4. The summed E-state index contributed by atoms with van der Waals surface area (Å²) >= 11 is 0. The zero-order valence-corrected chi connectivity index (χ0v) is 16.0. The first-order valence-corrected chi connectivity index (χ1v) is 8.86. The number of hydrogen-bond donors (Lipinski definition) is 5. The normalized spacial score (nSPS) is 15.6. The van der Waals surface area contributed by atoms with E-state index in [1.165, 1.54) is 0 Å². The second-order valence-electron chi connectivity index (χ2n) is 7.01. The number of carbonyl (C=O) groups excluding carboxylic acids is 3. The van der Waals surface area contributed by atoms with Gasteiger partial charge in [0.25, 0.3) is 0 Å². The van der Waals surface area contributed by atoms with Crippen molar-refractivity contribution < 1.29 is 24.3 Å². The summed E-state index contributed by atoms with van der Waals surface area (Å²) < 4.78 is 0. The lowest BCUT2D eigenvalue weighted by atomic mass is 9.98. The fourth-order valence-electron chi connectivity index (χ4n) is 2.39. The van der Waals surface area contributed by atoms with Gasteiger partial charge in [-0.1, -0.05) is 34.1 Å². The molecule has 0 aliphatic rings. The summed E-state index contributed by atoms with van der Waals surface area (Å²) in [5.74, 6) is -3.10. The van der Waals surface area contributed by atoms with E-state index in [0.29, 0.717) is 12.8 Å². The number of carboxylic acid groups (broad SMARTS) is 1. The number of amides is 3. The molecule has 0 unspecified atom stereocenters. The highest BCUT2D eigenvalue weighted by Gasteiger charge is 2.30. The van der Waals surface area contributed by atoms with Crippen LogP contribution in [0.3, 0.4) is 0 Å². The fourth-order valence-corrected chi connectivity index (χ4v) is 2.39. The average molecular weight is 372 g/mol. The molecule has 0 saturated heterocycles. The summed E-state index contributed by atoms with van der Waals surface area (Å²) in [6.07, 6.45) is 0.822. The summed E-state index contributed by atoms with van der Waals surface area (Å²) in [5, 5.41) is 14.2. The van der Waals surface area contributed by atoms with Gasteiger partial charge in [0.05, 0.1) is 6.04 Å². The first kappa shape index (κ1) is 23.8. The SMILES string of the molecule is CC[C@H](C)[C@H](NC(=O)[C@H](CCC(N)=O)NC(=O)[C@@H](N)CC(C)C)C(=O)O. The lowest BCUT2D eigenvalue weighted by molar-refractivity contribution is -0.144. The quantitative estimate of drug-likeness (QED) is 0.316. The monoisotopic (exact) mass is 372 g/mol. The van der Waals surface area contributed by atoms with E-state index in [1.54, 1.807) is 6.92 Å². The van der Waals surface area contributed by atoms with E-state index in [1.807, 2.05) is 20.8 Å². The maximum Gasteiger partial charge on any atom is 0.326 e. The third kappa shape index (κ3) is 8.80. The molecule has 0 bridgehead atoms. The summed E-state index contributed by atoms with van der Waals surface area (Å²) in [6, 6.07) is -2.98. The van der Waals surface area contributed by atoms with Crippen molar-refractivity contribution in [2.45, 2.75) is 71.5 Å². The second kappa shape index (κ2) is 11.5. The highest BCUT2D eigenvalue weighted by Crippen LogP contribution is 2.10. The van der Waals surface area contributed by atoms with Crippen LogP contribution in [0.2, 0.25) is 0 Å². The van der Waals surface area contributed by atoms with Crippen molar-refractivity contribution in [1.29, 1.82) is 0 Å². The highest BCUT2D eigenvalue weighted by atomic mass is 16.4. The van der Waals surface area contributed by atoms with Crippen LogP contribution >= 0.6 is 0 Å². The molecule has 26 heavy (non-hydrogen) atoms. The van der Waals surface area contributed by atoms with Gasteiger partial charge in [-0.25, -0.2) is 4.79 Å². The molecule has 9 nitrogen and oxygen atoms in total. The van der Waals surface area contributed by atoms with E-state index in [2.05, 4.69) is 10.6 Å². The van der Waals surface area contributed by atoms with Gasteiger partial charge in [-0.2, -0.15) is 0 Å². The molecule has 0 spiro atoms. The molecule has 0 fully saturated rings. The standard InChI is InChI=1S/C17H32N4O5/c1-5-10(4)14(17(25)26)21-16(24)12(6-7-13(19)22)20-15(23)11(18)8-9(2)3/h9-12,14H,5-8,18H2,1-4H3,(H2,19,22)(H,20,23)(H,21,24)(H,25,26)/t10-,11-,12-,14-/m0/s1. The van der Waals surface area contributed by atoms with Crippen LogP contribution in [0.5, 0.6) is 0 Å². The van der Waals surface area contributed by atoms with Gasteiger partial charge in [0.2, 0.25) is 17.7 Å². The number of nitrogens with two attached hydrogens (primary N) is 2. The van der Waals surface area contributed by atoms with E-state index in [0.717, 1.165) is 0 Å². The van der Waals surface area contributed by atoms with E-state index in [4.69, 9.17) is 11.5 Å². The van der Waals surface area contributed by atoms with E-state index in [-0.39, 0.29) is 24.7 Å². The van der Waals surface area contributed by atoms with Gasteiger partial charge in [-0.05, 0) is 24.7 Å². The number of hydrogen-bond acceptors (Lipinski definition) is 5. The Balaban J connectivity index is 5.15. The fraction of sp³-hybridized carbons (Fsp3) is 0.765. The molecule has 9 heteroatoms. The molecule has 0 aromatic rings. The first-order chi connectivity index (χ1) is 12.0.